The van der Waals surface area contributed by atoms with Crippen molar-refractivity contribution in [3.05, 3.63) is 59.7 Å². The van der Waals surface area contributed by atoms with Crippen LogP contribution in [0.4, 0.5) is 5.69 Å². The van der Waals surface area contributed by atoms with Crippen LogP contribution >= 0.6 is 0 Å². The van der Waals surface area contributed by atoms with E-state index >= 15 is 0 Å². The average molecular weight is 256 g/mol. The maximum atomic E-state index is 11.0. The van der Waals surface area contributed by atoms with Gasteiger partial charge < -0.3 is 15.8 Å². The van der Waals surface area contributed by atoms with E-state index in [0.717, 1.165) is 17.0 Å². The summed E-state index contributed by atoms with van der Waals surface area (Å²) in [5.74, 6) is 0.404. The van der Waals surface area contributed by atoms with Crippen molar-refractivity contribution in [2.75, 3.05) is 12.4 Å². The Balaban J connectivity index is 1.99. The highest BCUT2D eigenvalue weighted by atomic mass is 16.5. The van der Waals surface area contributed by atoms with Crippen molar-refractivity contribution in [3.63, 3.8) is 0 Å². The number of amides is 1. The Morgan fingerprint density at radius 3 is 2.58 bits per heavy atom. The predicted molar refractivity (Wildman–Crippen MR) is 75.3 cm³/mol. The third-order valence-electron chi connectivity index (χ3n) is 2.80. The number of hydrogen-bond acceptors (Lipinski definition) is 3. The van der Waals surface area contributed by atoms with Crippen LogP contribution in [0.2, 0.25) is 0 Å². The van der Waals surface area contributed by atoms with Crippen LogP contribution in [-0.4, -0.2) is 13.0 Å². The fourth-order valence-electron chi connectivity index (χ4n) is 1.72. The molecule has 0 saturated carbocycles. The number of primary amides is 1. The van der Waals surface area contributed by atoms with E-state index in [2.05, 4.69) is 5.32 Å². The maximum absolute atomic E-state index is 11.0. The van der Waals surface area contributed by atoms with Crippen LogP contribution in [0, 0.1) is 0 Å². The number of hydrogen-bond donors (Lipinski definition) is 2. The topological polar surface area (TPSA) is 64.3 Å². The largest absolute Gasteiger partial charge is 0.497 e. The lowest BCUT2D eigenvalue weighted by molar-refractivity contribution is 0.100. The predicted octanol–water partition coefficient (Wildman–Crippen LogP) is 2.41. The minimum atomic E-state index is -0.410. The average Bonchev–Trinajstić information content (AvgIpc) is 2.46. The Hall–Kier alpha value is -2.49. The molecule has 0 aromatic heterocycles. The van der Waals surface area contributed by atoms with Crippen LogP contribution in [0.3, 0.4) is 0 Å². The summed E-state index contributed by atoms with van der Waals surface area (Å²) in [5.41, 5.74) is 7.77. The monoisotopic (exact) mass is 256 g/mol. The van der Waals surface area contributed by atoms with Gasteiger partial charge in [-0.25, -0.2) is 0 Å². The van der Waals surface area contributed by atoms with Gasteiger partial charge in [0.15, 0.2) is 0 Å². The van der Waals surface area contributed by atoms with Crippen LogP contribution in [0.25, 0.3) is 0 Å². The molecule has 19 heavy (non-hydrogen) atoms. The Morgan fingerprint density at radius 1 is 1.21 bits per heavy atom. The second-order valence-corrected chi connectivity index (χ2v) is 4.15. The third-order valence-corrected chi connectivity index (χ3v) is 2.80. The van der Waals surface area contributed by atoms with Crippen LogP contribution in [0.5, 0.6) is 5.75 Å². The molecule has 0 radical (unpaired) electrons. The van der Waals surface area contributed by atoms with Gasteiger partial charge in [-0.05, 0) is 29.8 Å². The Bertz CT molecular complexity index is 565. The van der Waals surface area contributed by atoms with E-state index in [4.69, 9.17) is 10.5 Å². The van der Waals surface area contributed by atoms with Gasteiger partial charge in [-0.15, -0.1) is 0 Å². The first-order chi connectivity index (χ1) is 9.19. The molecule has 0 atom stereocenters. The molecule has 0 heterocycles. The summed E-state index contributed by atoms with van der Waals surface area (Å²) in [6, 6.07) is 14.9. The van der Waals surface area contributed by atoms with Crippen molar-refractivity contribution < 1.29 is 9.53 Å². The van der Waals surface area contributed by atoms with E-state index in [1.807, 2.05) is 36.4 Å². The summed E-state index contributed by atoms with van der Waals surface area (Å²) >= 11 is 0. The molecule has 3 N–H and O–H groups in total. The zero-order valence-electron chi connectivity index (χ0n) is 10.7. The van der Waals surface area contributed by atoms with Crippen LogP contribution < -0.4 is 15.8 Å². The first kappa shape index (κ1) is 13.0. The Morgan fingerprint density at radius 2 is 1.95 bits per heavy atom. The number of nitrogens with one attached hydrogen (secondary N) is 1. The fourth-order valence-corrected chi connectivity index (χ4v) is 1.72. The van der Waals surface area contributed by atoms with E-state index in [9.17, 15) is 4.79 Å². The number of nitrogens with two attached hydrogens (primary N) is 1. The van der Waals surface area contributed by atoms with E-state index < -0.39 is 5.91 Å². The van der Waals surface area contributed by atoms with Gasteiger partial charge in [0.25, 0.3) is 0 Å². The van der Waals surface area contributed by atoms with Crippen molar-refractivity contribution >= 4 is 11.6 Å². The molecule has 4 heteroatoms. The number of methoxy groups -OCH3 is 1. The van der Waals surface area contributed by atoms with Crippen molar-refractivity contribution in [2.45, 2.75) is 6.54 Å². The highest BCUT2D eigenvalue weighted by molar-refractivity contribution is 5.92. The first-order valence-electron chi connectivity index (χ1n) is 5.96. The molecule has 2 rings (SSSR count). The molecular formula is C15H16N2O2. The van der Waals surface area contributed by atoms with Crippen molar-refractivity contribution in [1.82, 2.24) is 0 Å². The smallest absolute Gasteiger partial charge is 0.248 e. The Kier molecular flexibility index (Phi) is 4.03. The summed E-state index contributed by atoms with van der Waals surface area (Å²) in [4.78, 5) is 11.0. The summed E-state index contributed by atoms with van der Waals surface area (Å²) in [5, 5.41) is 3.29. The summed E-state index contributed by atoms with van der Waals surface area (Å²) in [6.45, 7) is 0.673. The maximum Gasteiger partial charge on any atom is 0.248 e. The summed E-state index contributed by atoms with van der Waals surface area (Å²) < 4.78 is 5.16. The molecule has 0 unspecified atom stereocenters. The fraction of sp³-hybridized carbons (Fsp3) is 0.133. The van der Waals surface area contributed by atoms with Gasteiger partial charge in [0.2, 0.25) is 5.91 Å². The standard InChI is InChI=1S/C15H16N2O2/c1-19-14-4-2-3-13(9-14)17-10-11-5-7-12(8-6-11)15(16)18/h2-9,17H,10H2,1H3,(H2,16,18). The van der Waals surface area contributed by atoms with Gasteiger partial charge in [0.1, 0.15) is 5.75 Å². The Labute approximate surface area is 112 Å². The second kappa shape index (κ2) is 5.91. The lowest BCUT2D eigenvalue weighted by Gasteiger charge is -2.08. The molecule has 0 aliphatic carbocycles. The molecule has 0 aliphatic rings. The molecule has 2 aromatic rings. The summed E-state index contributed by atoms with van der Waals surface area (Å²) in [7, 11) is 1.64. The molecule has 4 nitrogen and oxygen atoms in total. The van der Waals surface area contributed by atoms with Crippen LogP contribution in [0.15, 0.2) is 48.5 Å². The number of benzene rings is 2. The zero-order chi connectivity index (χ0) is 13.7. The van der Waals surface area contributed by atoms with Gasteiger partial charge in [-0.1, -0.05) is 18.2 Å². The quantitative estimate of drug-likeness (QED) is 0.863. The first-order valence-corrected chi connectivity index (χ1v) is 5.96. The SMILES string of the molecule is COc1cccc(NCc2ccc(C(N)=O)cc2)c1. The highest BCUT2D eigenvalue weighted by Gasteiger charge is 2.00. The molecule has 0 saturated heterocycles. The third kappa shape index (κ3) is 3.48. The molecule has 1 amide bonds. The van der Waals surface area contributed by atoms with Gasteiger partial charge in [0, 0.05) is 23.9 Å². The van der Waals surface area contributed by atoms with Gasteiger partial charge in [0.05, 0.1) is 7.11 Å². The zero-order valence-corrected chi connectivity index (χ0v) is 10.7. The van der Waals surface area contributed by atoms with E-state index in [0.29, 0.717) is 12.1 Å². The molecular weight excluding hydrogens is 240 g/mol. The van der Waals surface area contributed by atoms with Crippen LogP contribution in [-0.2, 0) is 6.54 Å². The number of carbonyl (C=O) groups excluding carboxylic acids is 1. The highest BCUT2D eigenvalue weighted by Crippen LogP contribution is 2.17. The minimum absolute atomic E-state index is 0.410. The molecule has 0 aliphatic heterocycles. The lowest BCUT2D eigenvalue weighted by Crippen LogP contribution is -2.10. The van der Waals surface area contributed by atoms with Gasteiger partial charge in [-0.3, -0.25) is 4.79 Å². The van der Waals surface area contributed by atoms with E-state index in [1.54, 1.807) is 19.2 Å². The lowest BCUT2D eigenvalue weighted by atomic mass is 10.1. The minimum Gasteiger partial charge on any atom is -0.497 e. The van der Waals surface area contributed by atoms with Gasteiger partial charge >= 0.3 is 0 Å². The number of ether oxygens (including phenoxy) is 1. The molecule has 98 valence electrons. The second-order valence-electron chi connectivity index (χ2n) is 4.15. The van der Waals surface area contributed by atoms with Crippen molar-refractivity contribution in [2.24, 2.45) is 5.73 Å². The summed E-state index contributed by atoms with van der Waals surface area (Å²) in [6.07, 6.45) is 0. The number of anilines is 1. The van der Waals surface area contributed by atoms with Crippen molar-refractivity contribution in [3.8, 4) is 5.75 Å². The molecule has 0 fully saturated rings. The van der Waals surface area contributed by atoms with Crippen LogP contribution in [0.1, 0.15) is 15.9 Å². The molecule has 2 aromatic carbocycles. The normalized spacial score (nSPS) is 9.95. The van der Waals surface area contributed by atoms with Gasteiger partial charge in [-0.2, -0.15) is 0 Å². The molecule has 0 bridgehead atoms. The van der Waals surface area contributed by atoms with Crippen molar-refractivity contribution in [1.29, 1.82) is 0 Å². The number of rotatable bonds is 5. The van der Waals surface area contributed by atoms with E-state index in [1.165, 1.54) is 0 Å². The number of carbonyl (C=O) groups is 1. The van der Waals surface area contributed by atoms with E-state index in [-0.39, 0.29) is 0 Å². The molecule has 0 spiro atoms.